The van der Waals surface area contributed by atoms with Crippen molar-refractivity contribution in [1.29, 1.82) is 0 Å². The Hall–Kier alpha value is -2.08. The lowest BCUT2D eigenvalue weighted by Gasteiger charge is -2.38. The average Bonchev–Trinajstić information content (AvgIpc) is 3.17. The maximum atomic E-state index is 13.3. The Balaban J connectivity index is 0.00000131. The van der Waals surface area contributed by atoms with Crippen molar-refractivity contribution in [2.45, 2.75) is 25.9 Å². The molecule has 1 saturated heterocycles. The van der Waals surface area contributed by atoms with Gasteiger partial charge in [-0.25, -0.2) is 4.98 Å². The summed E-state index contributed by atoms with van der Waals surface area (Å²) in [5.74, 6) is 0.716. The van der Waals surface area contributed by atoms with Crippen molar-refractivity contribution in [3.63, 3.8) is 0 Å². The zero-order valence-electron chi connectivity index (χ0n) is 15.2. The van der Waals surface area contributed by atoms with Gasteiger partial charge in [-0.3, -0.25) is 4.79 Å². The highest BCUT2D eigenvalue weighted by molar-refractivity contribution is 6.07. The molecule has 2 atom stereocenters. The van der Waals surface area contributed by atoms with Gasteiger partial charge in [0.1, 0.15) is 5.69 Å². The van der Waals surface area contributed by atoms with E-state index in [0.29, 0.717) is 23.6 Å². The smallest absolute Gasteiger partial charge is 0.254 e. The van der Waals surface area contributed by atoms with Gasteiger partial charge in [0.2, 0.25) is 0 Å². The van der Waals surface area contributed by atoms with E-state index in [1.165, 1.54) is 0 Å². The van der Waals surface area contributed by atoms with Gasteiger partial charge in [0.25, 0.3) is 5.91 Å². The second-order valence-corrected chi connectivity index (χ2v) is 6.53. The molecule has 2 unspecified atom stereocenters. The molecule has 3 aromatic rings. The number of hydrogen-bond donors (Lipinski definition) is 1. The number of carbonyl (C=O) groups excluding carboxylic acids is 1. The van der Waals surface area contributed by atoms with Crippen LogP contribution >= 0.6 is 24.8 Å². The van der Waals surface area contributed by atoms with Crippen molar-refractivity contribution in [1.82, 2.24) is 15.2 Å². The van der Waals surface area contributed by atoms with Gasteiger partial charge in [-0.05, 0) is 38.1 Å². The van der Waals surface area contributed by atoms with E-state index < -0.39 is 0 Å². The van der Waals surface area contributed by atoms with E-state index in [1.54, 1.807) is 6.26 Å². The molecule has 0 aliphatic carbocycles. The number of amides is 1. The van der Waals surface area contributed by atoms with Crippen LogP contribution in [0.2, 0.25) is 0 Å². The summed E-state index contributed by atoms with van der Waals surface area (Å²) in [6.45, 7) is 5.72. The highest BCUT2D eigenvalue weighted by atomic mass is 35.5. The van der Waals surface area contributed by atoms with E-state index in [0.717, 1.165) is 17.4 Å². The van der Waals surface area contributed by atoms with E-state index in [2.05, 4.69) is 24.1 Å². The molecule has 0 radical (unpaired) electrons. The molecule has 0 bridgehead atoms. The molecular formula is C20H23Cl2N3O2. The van der Waals surface area contributed by atoms with Crippen LogP contribution in [-0.4, -0.2) is 41.0 Å². The molecule has 7 heteroatoms. The molecule has 1 fully saturated rings. The first kappa shape index (κ1) is 21.2. The molecule has 1 aliphatic heterocycles. The first-order valence-corrected chi connectivity index (χ1v) is 8.63. The van der Waals surface area contributed by atoms with Crippen LogP contribution in [0, 0.1) is 0 Å². The quantitative estimate of drug-likeness (QED) is 0.692. The Bertz CT molecular complexity index is 915. The first-order chi connectivity index (χ1) is 12.1. The molecule has 0 spiro atoms. The van der Waals surface area contributed by atoms with E-state index in [9.17, 15) is 4.79 Å². The molecule has 27 heavy (non-hydrogen) atoms. The predicted molar refractivity (Wildman–Crippen MR) is 112 cm³/mol. The lowest BCUT2D eigenvalue weighted by atomic mass is 10.0. The number of pyridine rings is 1. The lowest BCUT2D eigenvalue weighted by Crippen LogP contribution is -2.57. The summed E-state index contributed by atoms with van der Waals surface area (Å²) in [4.78, 5) is 19.9. The van der Waals surface area contributed by atoms with Gasteiger partial charge in [-0.15, -0.1) is 24.8 Å². The fourth-order valence-corrected chi connectivity index (χ4v) is 3.40. The summed E-state index contributed by atoms with van der Waals surface area (Å²) in [5.41, 5.74) is 2.16. The zero-order valence-corrected chi connectivity index (χ0v) is 16.8. The van der Waals surface area contributed by atoms with Crippen LogP contribution in [0.3, 0.4) is 0 Å². The maximum Gasteiger partial charge on any atom is 0.254 e. The normalized spacial score (nSPS) is 19.3. The van der Waals surface area contributed by atoms with Crippen LogP contribution in [0.1, 0.15) is 24.2 Å². The summed E-state index contributed by atoms with van der Waals surface area (Å²) in [6, 6.07) is 13.7. The van der Waals surface area contributed by atoms with Crippen molar-refractivity contribution in [2.75, 3.05) is 13.1 Å². The van der Waals surface area contributed by atoms with Crippen LogP contribution < -0.4 is 5.32 Å². The van der Waals surface area contributed by atoms with E-state index in [1.807, 2.05) is 47.4 Å². The van der Waals surface area contributed by atoms with Gasteiger partial charge in [0.15, 0.2) is 5.76 Å². The second-order valence-electron chi connectivity index (χ2n) is 6.53. The van der Waals surface area contributed by atoms with Crippen molar-refractivity contribution in [2.24, 2.45) is 0 Å². The molecule has 1 aliphatic rings. The number of nitrogens with one attached hydrogen (secondary N) is 1. The lowest BCUT2D eigenvalue weighted by molar-refractivity contribution is 0.0605. The minimum Gasteiger partial charge on any atom is -0.463 e. The molecule has 5 nitrogen and oxygen atoms in total. The summed E-state index contributed by atoms with van der Waals surface area (Å²) in [5, 5.41) is 4.29. The molecular weight excluding hydrogens is 385 g/mol. The summed E-state index contributed by atoms with van der Waals surface area (Å²) < 4.78 is 5.49. The van der Waals surface area contributed by atoms with Crippen molar-refractivity contribution >= 4 is 41.6 Å². The van der Waals surface area contributed by atoms with Crippen LogP contribution in [-0.2, 0) is 0 Å². The Morgan fingerprint density at radius 3 is 2.70 bits per heavy atom. The maximum absolute atomic E-state index is 13.3. The summed E-state index contributed by atoms with van der Waals surface area (Å²) in [6.07, 6.45) is 1.62. The number of rotatable bonds is 2. The molecule has 144 valence electrons. The minimum atomic E-state index is 0. The number of piperazine rings is 1. The Morgan fingerprint density at radius 1 is 1.19 bits per heavy atom. The SMILES string of the molecule is CC1NCCN(C(=O)c2cc(-c3ccco3)nc3ccccc23)C1C.Cl.Cl. The Morgan fingerprint density at radius 2 is 1.96 bits per heavy atom. The van der Waals surface area contributed by atoms with Gasteiger partial charge >= 0.3 is 0 Å². The molecule has 2 aromatic heterocycles. The molecule has 1 amide bonds. The number of para-hydroxylation sites is 1. The van der Waals surface area contributed by atoms with Crippen molar-refractivity contribution in [3.05, 3.63) is 54.3 Å². The predicted octanol–water partition coefficient (Wildman–Crippen LogP) is 4.16. The van der Waals surface area contributed by atoms with Crippen LogP contribution in [0.25, 0.3) is 22.4 Å². The standard InChI is InChI=1S/C20H21N3O2.2ClH/c1-13-14(2)23(10-9-21-13)20(24)16-12-18(19-8-5-11-25-19)22-17-7-4-3-6-15(16)17;;/h3-8,11-14,21H,9-10H2,1-2H3;2*1H. The molecule has 4 rings (SSSR count). The van der Waals surface area contributed by atoms with E-state index in [-0.39, 0.29) is 42.8 Å². The van der Waals surface area contributed by atoms with E-state index in [4.69, 9.17) is 4.42 Å². The summed E-state index contributed by atoms with van der Waals surface area (Å²) >= 11 is 0. The molecule has 1 N–H and O–H groups in total. The van der Waals surface area contributed by atoms with Gasteiger partial charge in [0.05, 0.1) is 17.3 Å². The average molecular weight is 408 g/mol. The fourth-order valence-electron chi connectivity index (χ4n) is 3.40. The number of hydrogen-bond acceptors (Lipinski definition) is 4. The molecule has 1 aromatic carbocycles. The highest BCUT2D eigenvalue weighted by Crippen LogP contribution is 2.27. The Kier molecular flexibility index (Phi) is 6.87. The third-order valence-corrected chi connectivity index (χ3v) is 5.02. The number of benzene rings is 1. The van der Waals surface area contributed by atoms with Gasteiger partial charge in [-0.2, -0.15) is 0 Å². The van der Waals surface area contributed by atoms with Crippen molar-refractivity contribution < 1.29 is 9.21 Å². The largest absolute Gasteiger partial charge is 0.463 e. The fraction of sp³-hybridized carbons (Fsp3) is 0.300. The number of carbonyl (C=O) groups is 1. The number of nitrogens with zero attached hydrogens (tertiary/aromatic N) is 2. The third kappa shape index (κ3) is 3.95. The molecule has 3 heterocycles. The Labute approximate surface area is 171 Å². The number of fused-ring (bicyclic) bond motifs is 1. The zero-order chi connectivity index (χ0) is 17.4. The van der Waals surface area contributed by atoms with Crippen molar-refractivity contribution in [3.8, 4) is 11.5 Å². The highest BCUT2D eigenvalue weighted by Gasteiger charge is 2.30. The monoisotopic (exact) mass is 407 g/mol. The number of aromatic nitrogens is 1. The number of furan rings is 1. The first-order valence-electron chi connectivity index (χ1n) is 8.63. The van der Waals surface area contributed by atoms with E-state index >= 15 is 0 Å². The second kappa shape index (κ2) is 8.74. The number of halogens is 2. The van der Waals surface area contributed by atoms with Crippen LogP contribution in [0.15, 0.2) is 53.1 Å². The van der Waals surface area contributed by atoms with Crippen LogP contribution in [0.5, 0.6) is 0 Å². The topological polar surface area (TPSA) is 58.4 Å². The summed E-state index contributed by atoms with van der Waals surface area (Å²) in [7, 11) is 0. The molecule has 0 saturated carbocycles. The van der Waals surface area contributed by atoms with Gasteiger partial charge < -0.3 is 14.6 Å². The van der Waals surface area contributed by atoms with Gasteiger partial charge in [-0.1, -0.05) is 18.2 Å². The van der Waals surface area contributed by atoms with Crippen LogP contribution in [0.4, 0.5) is 0 Å². The third-order valence-electron chi connectivity index (χ3n) is 5.02. The van der Waals surface area contributed by atoms with Gasteiger partial charge in [0, 0.05) is 30.6 Å². The minimum absolute atomic E-state index is 0.